The van der Waals surface area contributed by atoms with E-state index in [0.29, 0.717) is 28.8 Å². The van der Waals surface area contributed by atoms with Crippen molar-refractivity contribution in [2.75, 3.05) is 11.1 Å². The number of amidine groups is 1. The number of carbonyl (C=O) groups is 1. The molecule has 2 aliphatic rings. The van der Waals surface area contributed by atoms with E-state index in [4.69, 9.17) is 5.73 Å². The predicted molar refractivity (Wildman–Crippen MR) is 109 cm³/mol. The molecule has 158 valence electrons. The number of hydrogen-bond donors (Lipinski definition) is 2. The van der Waals surface area contributed by atoms with E-state index < -0.39 is 29.4 Å². The third kappa shape index (κ3) is 3.76. The van der Waals surface area contributed by atoms with Gasteiger partial charge >= 0.3 is 0 Å². The Balaban J connectivity index is 1.64. The Hall–Kier alpha value is -2.62. The van der Waals surface area contributed by atoms with Crippen LogP contribution in [0.4, 0.5) is 18.9 Å². The zero-order valence-corrected chi connectivity index (χ0v) is 16.9. The Morgan fingerprint density at radius 2 is 2.13 bits per heavy atom. The largest absolute Gasteiger partial charge is 0.379 e. The number of amides is 1. The Bertz CT molecular complexity index is 1000. The molecule has 4 rings (SSSR count). The van der Waals surface area contributed by atoms with Crippen LogP contribution in [-0.2, 0) is 5.54 Å². The number of benzene rings is 1. The van der Waals surface area contributed by atoms with Gasteiger partial charge in [0.2, 0.25) is 0 Å². The number of nitrogens with zero attached hydrogens (tertiary/aromatic N) is 3. The van der Waals surface area contributed by atoms with Gasteiger partial charge in [-0.25, -0.2) is 18.2 Å². The van der Waals surface area contributed by atoms with Crippen molar-refractivity contribution in [2.24, 2.45) is 22.6 Å². The topological polar surface area (TPSA) is 93.3 Å². The molecular weight excluding hydrogens is 415 g/mol. The summed E-state index contributed by atoms with van der Waals surface area (Å²) in [6.45, 7) is 2.11. The van der Waals surface area contributed by atoms with Crippen molar-refractivity contribution in [3.05, 3.63) is 53.4 Å². The third-order valence-electron chi connectivity index (χ3n) is 5.58. The van der Waals surface area contributed by atoms with Gasteiger partial charge in [-0.15, -0.1) is 0 Å². The molecule has 10 heteroatoms. The lowest BCUT2D eigenvalue weighted by atomic mass is 9.81. The van der Waals surface area contributed by atoms with Gasteiger partial charge in [-0.2, -0.15) is 0 Å². The van der Waals surface area contributed by atoms with Crippen LogP contribution in [0.1, 0.15) is 47.9 Å². The molecule has 6 nitrogen and oxygen atoms in total. The number of carbonyl (C=O) groups excluding carboxylic acids is 1. The van der Waals surface area contributed by atoms with Crippen LogP contribution in [0, 0.1) is 17.7 Å². The molecule has 3 atom stereocenters. The monoisotopic (exact) mass is 435 g/mol. The number of thioether (sulfide) groups is 1. The summed E-state index contributed by atoms with van der Waals surface area (Å²) in [5.74, 6) is 0.250. The fourth-order valence-electron chi connectivity index (χ4n) is 4.31. The lowest BCUT2D eigenvalue weighted by Crippen LogP contribution is -2.37. The average Bonchev–Trinajstić information content (AvgIpc) is 3.05. The number of nitrogens with two attached hydrogens (primary N) is 1. The molecule has 0 bridgehead atoms. The molecule has 1 aromatic heterocycles. The molecule has 3 N–H and O–H groups in total. The molecule has 0 spiro atoms. The number of nitrogens with one attached hydrogen (secondary N) is 1. The van der Waals surface area contributed by atoms with E-state index in [1.807, 2.05) is 0 Å². The van der Waals surface area contributed by atoms with Crippen LogP contribution >= 0.6 is 11.8 Å². The number of aromatic nitrogens is 2. The fourth-order valence-corrected chi connectivity index (χ4v) is 5.32. The molecule has 1 fully saturated rings. The van der Waals surface area contributed by atoms with Gasteiger partial charge in [0.1, 0.15) is 17.2 Å². The van der Waals surface area contributed by atoms with Gasteiger partial charge in [0.25, 0.3) is 12.3 Å². The lowest BCUT2D eigenvalue weighted by molar-refractivity contribution is 0.102. The van der Waals surface area contributed by atoms with Gasteiger partial charge in [0.15, 0.2) is 5.17 Å². The van der Waals surface area contributed by atoms with E-state index in [0.717, 1.165) is 24.6 Å². The predicted octanol–water partition coefficient (Wildman–Crippen LogP) is 4.11. The summed E-state index contributed by atoms with van der Waals surface area (Å²) in [7, 11) is 0. The molecule has 30 heavy (non-hydrogen) atoms. The van der Waals surface area contributed by atoms with Gasteiger partial charge in [0.05, 0.1) is 17.9 Å². The second-order valence-corrected chi connectivity index (χ2v) is 8.74. The molecule has 0 radical (unpaired) electrons. The zero-order chi connectivity index (χ0) is 21.5. The van der Waals surface area contributed by atoms with Crippen LogP contribution in [0.2, 0.25) is 0 Å². The first-order valence-electron chi connectivity index (χ1n) is 9.48. The van der Waals surface area contributed by atoms with Crippen molar-refractivity contribution < 1.29 is 18.0 Å². The summed E-state index contributed by atoms with van der Waals surface area (Å²) in [6.07, 6.45) is 0.672. The second kappa shape index (κ2) is 7.90. The summed E-state index contributed by atoms with van der Waals surface area (Å²) in [5, 5.41) is 3.07. The fraction of sp³-hybridized carbons (Fsp3) is 0.400. The van der Waals surface area contributed by atoms with Crippen LogP contribution < -0.4 is 11.1 Å². The van der Waals surface area contributed by atoms with Crippen LogP contribution in [-0.4, -0.2) is 26.8 Å². The van der Waals surface area contributed by atoms with Gasteiger partial charge in [0, 0.05) is 17.0 Å². The van der Waals surface area contributed by atoms with E-state index in [9.17, 15) is 18.0 Å². The van der Waals surface area contributed by atoms with Gasteiger partial charge in [-0.3, -0.25) is 14.8 Å². The van der Waals surface area contributed by atoms with Crippen LogP contribution in [0.5, 0.6) is 0 Å². The number of alkyl halides is 2. The number of anilines is 1. The number of halogens is 3. The zero-order valence-electron chi connectivity index (χ0n) is 16.1. The quantitative estimate of drug-likeness (QED) is 0.754. The SMILES string of the molecule is C[C@H]1C[C@H]2CSC(N)=N[C@@]2(c2cc(NC(=O)c3cnc(C(F)F)cn3)ccc2F)C1. The first-order valence-corrected chi connectivity index (χ1v) is 10.5. The molecule has 1 aromatic carbocycles. The molecule has 2 heterocycles. The Kier molecular flexibility index (Phi) is 5.44. The van der Waals surface area contributed by atoms with E-state index in [-0.39, 0.29) is 11.6 Å². The van der Waals surface area contributed by atoms with Crippen molar-refractivity contribution >= 4 is 28.5 Å². The maximum absolute atomic E-state index is 14.9. The maximum Gasteiger partial charge on any atom is 0.281 e. The molecule has 1 aliphatic carbocycles. The van der Waals surface area contributed by atoms with E-state index >= 15 is 0 Å². The number of hydrogen-bond acceptors (Lipinski definition) is 6. The Labute approximate surface area is 175 Å². The van der Waals surface area contributed by atoms with Gasteiger partial charge in [-0.05, 0) is 42.9 Å². The Morgan fingerprint density at radius 3 is 2.83 bits per heavy atom. The highest BCUT2D eigenvalue weighted by Crippen LogP contribution is 2.53. The smallest absolute Gasteiger partial charge is 0.281 e. The number of fused-ring (bicyclic) bond motifs is 1. The normalized spacial score (nSPS) is 25.7. The minimum absolute atomic E-state index is 0.118. The first-order chi connectivity index (χ1) is 14.3. The van der Waals surface area contributed by atoms with Crippen LogP contribution in [0.3, 0.4) is 0 Å². The summed E-state index contributed by atoms with van der Waals surface area (Å²) in [6, 6.07) is 4.30. The van der Waals surface area contributed by atoms with Crippen molar-refractivity contribution in [1.29, 1.82) is 0 Å². The number of rotatable bonds is 4. The highest BCUT2D eigenvalue weighted by Gasteiger charge is 2.50. The summed E-state index contributed by atoms with van der Waals surface area (Å²) < 4.78 is 40.1. The first kappa shape index (κ1) is 20.6. The molecule has 2 aromatic rings. The lowest BCUT2D eigenvalue weighted by Gasteiger charge is -2.36. The highest BCUT2D eigenvalue weighted by atomic mass is 32.2. The highest BCUT2D eigenvalue weighted by molar-refractivity contribution is 8.13. The molecular formula is C20H20F3N5OS. The second-order valence-electron chi connectivity index (χ2n) is 7.70. The standard InChI is InChI=1S/C20H20F3N5OS/c1-10-4-11-9-30-19(24)28-20(11,6-10)13-5-12(2-3-14(13)21)27-18(29)16-8-25-15(7-26-16)17(22)23/h2-3,5,7-8,10-11,17H,4,6,9H2,1H3,(H2,24,28)(H,27,29)/t10-,11-,20-/m0/s1. The molecule has 1 saturated carbocycles. The summed E-state index contributed by atoms with van der Waals surface area (Å²) >= 11 is 1.48. The van der Waals surface area contributed by atoms with Gasteiger partial charge < -0.3 is 11.1 Å². The summed E-state index contributed by atoms with van der Waals surface area (Å²) in [5.41, 5.74) is 5.36. The third-order valence-corrected chi connectivity index (χ3v) is 6.54. The van der Waals surface area contributed by atoms with Crippen molar-refractivity contribution in [1.82, 2.24) is 9.97 Å². The van der Waals surface area contributed by atoms with Crippen molar-refractivity contribution in [3.63, 3.8) is 0 Å². The van der Waals surface area contributed by atoms with Gasteiger partial charge in [-0.1, -0.05) is 18.7 Å². The molecule has 0 saturated heterocycles. The molecule has 1 amide bonds. The van der Waals surface area contributed by atoms with E-state index in [1.165, 1.54) is 23.9 Å². The minimum atomic E-state index is -2.77. The van der Waals surface area contributed by atoms with Crippen LogP contribution in [0.25, 0.3) is 0 Å². The molecule has 0 unspecified atom stereocenters. The maximum atomic E-state index is 14.9. The Morgan fingerprint density at radius 1 is 1.33 bits per heavy atom. The summed E-state index contributed by atoms with van der Waals surface area (Å²) in [4.78, 5) is 24.4. The average molecular weight is 435 g/mol. The van der Waals surface area contributed by atoms with Crippen molar-refractivity contribution in [3.8, 4) is 0 Å². The number of aliphatic imine (C=N–C) groups is 1. The van der Waals surface area contributed by atoms with Crippen molar-refractivity contribution in [2.45, 2.75) is 31.7 Å². The minimum Gasteiger partial charge on any atom is -0.379 e. The van der Waals surface area contributed by atoms with E-state index in [2.05, 4.69) is 27.2 Å². The van der Waals surface area contributed by atoms with E-state index in [1.54, 1.807) is 6.07 Å². The van der Waals surface area contributed by atoms with Crippen LogP contribution in [0.15, 0.2) is 35.6 Å². The molecule has 1 aliphatic heterocycles.